The summed E-state index contributed by atoms with van der Waals surface area (Å²) in [5.74, 6) is 0.141. The van der Waals surface area contributed by atoms with Gasteiger partial charge in [0.15, 0.2) is 0 Å². The highest BCUT2D eigenvalue weighted by atomic mass is 127. The second kappa shape index (κ2) is 6.48. The minimum Gasteiger partial charge on any atom is -0.469 e. The van der Waals surface area contributed by atoms with Crippen LogP contribution in [0, 0.1) is 5.92 Å². The summed E-state index contributed by atoms with van der Waals surface area (Å²) < 4.78 is 7.07. The van der Waals surface area contributed by atoms with Crippen LogP contribution in [-0.2, 0) is 9.53 Å². The van der Waals surface area contributed by atoms with Crippen LogP contribution in [-0.4, -0.2) is 25.2 Å². The van der Waals surface area contributed by atoms with E-state index in [1.54, 1.807) is 0 Å². The Hall–Kier alpha value is -0.880. The van der Waals surface area contributed by atoms with E-state index >= 15 is 0 Å². The van der Waals surface area contributed by atoms with Crippen LogP contribution >= 0.6 is 22.6 Å². The van der Waals surface area contributed by atoms with Crippen LogP contribution in [0.2, 0.25) is 0 Å². The lowest BCUT2D eigenvalue weighted by Gasteiger charge is -2.36. The number of ether oxygens (including phenoxy) is 1. The standard InChI is InChI=1S/C17H20INO2/c1-21-17(20)16-14(10-13-6-7-15(16)19-13)12-4-2-11(3-5-12)8-9-18/h2-5,8-9,13-16,19H,6-7,10H2,1H3/b9-8-/t13-,14+,15+,16-/m0/s1. The summed E-state index contributed by atoms with van der Waals surface area (Å²) in [7, 11) is 1.49. The van der Waals surface area contributed by atoms with E-state index in [-0.39, 0.29) is 23.8 Å². The van der Waals surface area contributed by atoms with E-state index in [0.717, 1.165) is 12.8 Å². The Balaban J connectivity index is 1.88. The highest BCUT2D eigenvalue weighted by Gasteiger charge is 2.46. The van der Waals surface area contributed by atoms with Crippen LogP contribution < -0.4 is 5.32 Å². The Bertz CT molecular complexity index is 540. The molecule has 4 heteroatoms. The average Bonchev–Trinajstić information content (AvgIpc) is 2.89. The van der Waals surface area contributed by atoms with Gasteiger partial charge in [0.1, 0.15) is 0 Å². The molecule has 1 aromatic carbocycles. The van der Waals surface area contributed by atoms with Crippen LogP contribution in [0.1, 0.15) is 36.3 Å². The van der Waals surface area contributed by atoms with Crippen LogP contribution in [0.4, 0.5) is 0 Å². The molecule has 2 bridgehead atoms. The Kier molecular flexibility index (Phi) is 4.64. The fourth-order valence-electron chi connectivity index (χ4n) is 3.79. The number of esters is 1. The molecule has 2 aliphatic rings. The molecule has 0 aliphatic carbocycles. The van der Waals surface area contributed by atoms with Gasteiger partial charge in [-0.2, -0.15) is 0 Å². The van der Waals surface area contributed by atoms with Crippen molar-refractivity contribution < 1.29 is 9.53 Å². The number of piperidine rings is 1. The lowest BCUT2D eigenvalue weighted by Crippen LogP contribution is -2.48. The van der Waals surface area contributed by atoms with E-state index in [2.05, 4.69) is 58.2 Å². The molecule has 0 aromatic heterocycles. The molecule has 2 saturated heterocycles. The molecule has 0 amide bonds. The van der Waals surface area contributed by atoms with E-state index in [0.29, 0.717) is 6.04 Å². The molecule has 0 spiro atoms. The van der Waals surface area contributed by atoms with E-state index < -0.39 is 0 Å². The largest absolute Gasteiger partial charge is 0.469 e. The van der Waals surface area contributed by atoms with Crippen LogP contribution in [0.5, 0.6) is 0 Å². The normalized spacial score (nSPS) is 31.5. The van der Waals surface area contributed by atoms with Crippen molar-refractivity contribution in [3.8, 4) is 0 Å². The van der Waals surface area contributed by atoms with Gasteiger partial charge >= 0.3 is 5.97 Å². The summed E-state index contributed by atoms with van der Waals surface area (Å²) in [6.07, 6.45) is 5.35. The number of carbonyl (C=O) groups excluding carboxylic acids is 1. The zero-order valence-electron chi connectivity index (χ0n) is 12.1. The number of rotatable bonds is 3. The van der Waals surface area contributed by atoms with E-state index in [9.17, 15) is 4.79 Å². The zero-order chi connectivity index (χ0) is 14.8. The Morgan fingerprint density at radius 2 is 2.10 bits per heavy atom. The molecule has 2 fully saturated rings. The molecule has 112 valence electrons. The predicted molar refractivity (Wildman–Crippen MR) is 92.3 cm³/mol. The van der Waals surface area contributed by atoms with Crippen LogP contribution in [0.15, 0.2) is 28.3 Å². The lowest BCUT2D eigenvalue weighted by atomic mass is 9.77. The molecule has 3 nitrogen and oxygen atoms in total. The van der Waals surface area contributed by atoms with Gasteiger partial charge in [-0.1, -0.05) is 46.9 Å². The van der Waals surface area contributed by atoms with Crippen molar-refractivity contribution >= 4 is 34.6 Å². The topological polar surface area (TPSA) is 38.3 Å². The van der Waals surface area contributed by atoms with Crippen molar-refractivity contribution in [1.29, 1.82) is 0 Å². The molecule has 0 radical (unpaired) electrons. The fraction of sp³-hybridized carbons (Fsp3) is 0.471. The molecule has 2 heterocycles. The fourth-order valence-corrected chi connectivity index (χ4v) is 4.20. The first-order valence-corrected chi connectivity index (χ1v) is 8.68. The number of methoxy groups -OCH3 is 1. The number of hydrogen-bond acceptors (Lipinski definition) is 3. The van der Waals surface area contributed by atoms with Gasteiger partial charge in [0.25, 0.3) is 0 Å². The summed E-state index contributed by atoms with van der Waals surface area (Å²) in [6, 6.07) is 9.41. The van der Waals surface area contributed by atoms with Gasteiger partial charge in [-0.25, -0.2) is 0 Å². The van der Waals surface area contributed by atoms with Crippen molar-refractivity contribution in [3.63, 3.8) is 0 Å². The summed E-state index contributed by atoms with van der Waals surface area (Å²) in [5, 5.41) is 3.57. The van der Waals surface area contributed by atoms with Crippen molar-refractivity contribution in [1.82, 2.24) is 5.32 Å². The number of benzene rings is 1. The van der Waals surface area contributed by atoms with Crippen molar-refractivity contribution in [2.24, 2.45) is 5.92 Å². The van der Waals surface area contributed by atoms with E-state index in [1.165, 1.54) is 24.7 Å². The maximum atomic E-state index is 12.2. The molecular weight excluding hydrogens is 377 g/mol. The van der Waals surface area contributed by atoms with Crippen LogP contribution in [0.3, 0.4) is 0 Å². The minimum atomic E-state index is -0.0749. The van der Waals surface area contributed by atoms with Crippen LogP contribution in [0.25, 0.3) is 6.08 Å². The van der Waals surface area contributed by atoms with Gasteiger partial charge in [0.05, 0.1) is 13.0 Å². The van der Waals surface area contributed by atoms with Crippen molar-refractivity contribution in [2.75, 3.05) is 7.11 Å². The van der Waals surface area contributed by atoms with E-state index in [4.69, 9.17) is 4.74 Å². The number of hydrogen-bond donors (Lipinski definition) is 1. The number of carbonyl (C=O) groups is 1. The molecule has 4 atom stereocenters. The Labute approximate surface area is 139 Å². The molecule has 0 unspecified atom stereocenters. The first kappa shape index (κ1) is 15.0. The quantitative estimate of drug-likeness (QED) is 0.627. The Morgan fingerprint density at radius 3 is 2.76 bits per heavy atom. The first-order valence-electron chi connectivity index (χ1n) is 7.43. The smallest absolute Gasteiger partial charge is 0.310 e. The monoisotopic (exact) mass is 397 g/mol. The summed E-state index contributed by atoms with van der Waals surface area (Å²) in [5.41, 5.74) is 2.45. The highest BCUT2D eigenvalue weighted by Crippen LogP contribution is 2.42. The summed E-state index contributed by atoms with van der Waals surface area (Å²) in [6.45, 7) is 0. The summed E-state index contributed by atoms with van der Waals surface area (Å²) >= 11 is 2.22. The van der Waals surface area contributed by atoms with Gasteiger partial charge in [0.2, 0.25) is 0 Å². The number of nitrogens with one attached hydrogen (secondary N) is 1. The highest BCUT2D eigenvalue weighted by molar-refractivity contribution is 14.1. The zero-order valence-corrected chi connectivity index (χ0v) is 14.2. The Morgan fingerprint density at radius 1 is 1.33 bits per heavy atom. The lowest BCUT2D eigenvalue weighted by molar-refractivity contribution is -0.148. The molecule has 3 rings (SSSR count). The maximum Gasteiger partial charge on any atom is 0.310 e. The van der Waals surface area contributed by atoms with E-state index in [1.807, 2.05) is 4.08 Å². The molecule has 1 N–H and O–H groups in total. The maximum absolute atomic E-state index is 12.2. The predicted octanol–water partition coefficient (Wildman–Crippen LogP) is 3.49. The average molecular weight is 397 g/mol. The molecular formula is C17H20INO2. The van der Waals surface area contributed by atoms with Gasteiger partial charge in [-0.3, -0.25) is 4.79 Å². The van der Waals surface area contributed by atoms with Gasteiger partial charge in [0, 0.05) is 18.0 Å². The minimum absolute atomic E-state index is 0.0558. The number of halogens is 1. The van der Waals surface area contributed by atoms with Gasteiger partial charge in [-0.05, 0) is 40.5 Å². The SMILES string of the molecule is COC(=O)[C@H]1[C@@H](c2ccc(/C=C\I)cc2)C[C@@H]2CC[C@H]1N2. The summed E-state index contributed by atoms with van der Waals surface area (Å²) in [4.78, 5) is 12.2. The molecule has 1 aromatic rings. The van der Waals surface area contributed by atoms with Gasteiger partial charge in [-0.15, -0.1) is 0 Å². The second-order valence-electron chi connectivity index (χ2n) is 5.90. The third-order valence-electron chi connectivity index (χ3n) is 4.77. The molecule has 0 saturated carbocycles. The second-order valence-corrected chi connectivity index (χ2v) is 6.62. The van der Waals surface area contributed by atoms with Crippen molar-refractivity contribution in [3.05, 3.63) is 39.5 Å². The first-order chi connectivity index (χ1) is 10.2. The third kappa shape index (κ3) is 3.01. The van der Waals surface area contributed by atoms with Gasteiger partial charge < -0.3 is 10.1 Å². The molecule has 21 heavy (non-hydrogen) atoms. The molecule has 2 aliphatic heterocycles. The van der Waals surface area contributed by atoms with Crippen molar-refractivity contribution in [2.45, 2.75) is 37.3 Å². The number of fused-ring (bicyclic) bond motifs is 2. The third-order valence-corrected chi connectivity index (χ3v) is 5.13.